The molecular formula is C21H26N4O4. The van der Waals surface area contributed by atoms with E-state index in [-0.39, 0.29) is 31.3 Å². The Labute approximate surface area is 170 Å². The molecule has 3 amide bonds. The van der Waals surface area contributed by atoms with Crippen molar-refractivity contribution in [3.05, 3.63) is 59.9 Å². The van der Waals surface area contributed by atoms with Crippen LogP contribution in [0.4, 0.5) is 10.5 Å². The van der Waals surface area contributed by atoms with Gasteiger partial charge in [0, 0.05) is 43.2 Å². The third kappa shape index (κ3) is 8.00. The molecule has 1 heterocycles. The van der Waals surface area contributed by atoms with Crippen LogP contribution in [-0.4, -0.2) is 35.0 Å². The SMILES string of the molecule is CC(C)(C)OC(=O)NCCC(=O)NCc1ccccc1NC(=O)c1ccncc1. The molecule has 1 aromatic heterocycles. The fourth-order valence-corrected chi connectivity index (χ4v) is 2.37. The molecule has 2 aromatic rings. The summed E-state index contributed by atoms with van der Waals surface area (Å²) in [7, 11) is 0. The Balaban J connectivity index is 1.82. The van der Waals surface area contributed by atoms with E-state index in [2.05, 4.69) is 20.9 Å². The second-order valence-electron chi connectivity index (χ2n) is 7.30. The van der Waals surface area contributed by atoms with Crippen LogP contribution in [0.25, 0.3) is 0 Å². The normalized spacial score (nSPS) is 10.7. The first kappa shape index (κ1) is 21.9. The average molecular weight is 398 g/mol. The summed E-state index contributed by atoms with van der Waals surface area (Å²) in [6, 6.07) is 10.5. The number of nitrogens with zero attached hydrogens (tertiary/aromatic N) is 1. The van der Waals surface area contributed by atoms with E-state index in [0.29, 0.717) is 11.3 Å². The van der Waals surface area contributed by atoms with Crippen LogP contribution in [0.2, 0.25) is 0 Å². The molecule has 8 heteroatoms. The number of hydrogen-bond donors (Lipinski definition) is 3. The molecule has 0 atom stereocenters. The van der Waals surface area contributed by atoms with Gasteiger partial charge in [-0.05, 0) is 44.5 Å². The van der Waals surface area contributed by atoms with E-state index in [0.717, 1.165) is 5.56 Å². The van der Waals surface area contributed by atoms with Gasteiger partial charge in [-0.25, -0.2) is 4.79 Å². The number of rotatable bonds is 7. The van der Waals surface area contributed by atoms with Crippen LogP contribution in [0.5, 0.6) is 0 Å². The molecule has 0 aliphatic rings. The summed E-state index contributed by atoms with van der Waals surface area (Å²) in [5.74, 6) is -0.482. The molecule has 3 N–H and O–H groups in total. The van der Waals surface area contributed by atoms with E-state index in [9.17, 15) is 14.4 Å². The number of aromatic nitrogens is 1. The van der Waals surface area contributed by atoms with E-state index in [1.807, 2.05) is 12.1 Å². The predicted molar refractivity (Wildman–Crippen MR) is 109 cm³/mol. The maximum Gasteiger partial charge on any atom is 0.407 e. The molecule has 0 bridgehead atoms. The van der Waals surface area contributed by atoms with E-state index >= 15 is 0 Å². The first-order valence-electron chi connectivity index (χ1n) is 9.27. The van der Waals surface area contributed by atoms with Crippen LogP contribution < -0.4 is 16.0 Å². The lowest BCUT2D eigenvalue weighted by Crippen LogP contribution is -2.35. The van der Waals surface area contributed by atoms with Crippen molar-refractivity contribution < 1.29 is 19.1 Å². The van der Waals surface area contributed by atoms with Gasteiger partial charge in [0.2, 0.25) is 5.91 Å². The number of alkyl carbamates (subject to hydrolysis) is 1. The highest BCUT2D eigenvalue weighted by Gasteiger charge is 2.16. The van der Waals surface area contributed by atoms with Gasteiger partial charge in [0.15, 0.2) is 0 Å². The van der Waals surface area contributed by atoms with Gasteiger partial charge >= 0.3 is 6.09 Å². The third-order valence-electron chi connectivity index (χ3n) is 3.70. The largest absolute Gasteiger partial charge is 0.444 e. The fourth-order valence-electron chi connectivity index (χ4n) is 2.37. The number of anilines is 1. The Bertz CT molecular complexity index is 847. The Kier molecular flexibility index (Phi) is 7.70. The molecule has 0 unspecified atom stereocenters. The standard InChI is InChI=1S/C21H26N4O4/c1-21(2,3)29-20(28)23-13-10-18(26)24-14-16-6-4-5-7-17(16)25-19(27)15-8-11-22-12-9-15/h4-9,11-12H,10,13-14H2,1-3H3,(H,23,28)(H,24,26)(H,25,27). The minimum Gasteiger partial charge on any atom is -0.444 e. The van der Waals surface area contributed by atoms with Crippen molar-refractivity contribution in [1.82, 2.24) is 15.6 Å². The zero-order valence-electron chi connectivity index (χ0n) is 16.8. The Morgan fingerprint density at radius 3 is 2.38 bits per heavy atom. The zero-order chi connectivity index (χ0) is 21.3. The lowest BCUT2D eigenvalue weighted by atomic mass is 10.1. The van der Waals surface area contributed by atoms with Gasteiger partial charge in [-0.3, -0.25) is 14.6 Å². The summed E-state index contributed by atoms with van der Waals surface area (Å²) in [4.78, 5) is 39.8. The summed E-state index contributed by atoms with van der Waals surface area (Å²) < 4.78 is 5.11. The Morgan fingerprint density at radius 2 is 1.69 bits per heavy atom. The highest BCUT2D eigenvalue weighted by molar-refractivity contribution is 6.04. The van der Waals surface area contributed by atoms with E-state index in [1.165, 1.54) is 0 Å². The second kappa shape index (κ2) is 10.2. The maximum absolute atomic E-state index is 12.3. The van der Waals surface area contributed by atoms with Crippen molar-refractivity contribution in [2.75, 3.05) is 11.9 Å². The fraction of sp³-hybridized carbons (Fsp3) is 0.333. The summed E-state index contributed by atoms with van der Waals surface area (Å²) >= 11 is 0. The van der Waals surface area contributed by atoms with Gasteiger partial charge in [-0.15, -0.1) is 0 Å². The topological polar surface area (TPSA) is 109 Å². The highest BCUT2D eigenvalue weighted by atomic mass is 16.6. The number of amides is 3. The van der Waals surface area contributed by atoms with E-state index < -0.39 is 11.7 Å². The Morgan fingerprint density at radius 1 is 1.00 bits per heavy atom. The molecule has 0 fully saturated rings. The summed E-state index contributed by atoms with van der Waals surface area (Å²) in [5, 5.41) is 8.16. The van der Waals surface area contributed by atoms with Crippen LogP contribution >= 0.6 is 0 Å². The van der Waals surface area contributed by atoms with Crippen LogP contribution in [0, 0.1) is 0 Å². The molecule has 0 spiro atoms. The van der Waals surface area contributed by atoms with Gasteiger partial charge in [0.25, 0.3) is 5.91 Å². The number of para-hydroxylation sites is 1. The van der Waals surface area contributed by atoms with Crippen molar-refractivity contribution in [2.45, 2.75) is 39.3 Å². The molecule has 0 saturated heterocycles. The van der Waals surface area contributed by atoms with Crippen molar-refractivity contribution in [2.24, 2.45) is 0 Å². The van der Waals surface area contributed by atoms with Gasteiger partial charge in [-0.1, -0.05) is 18.2 Å². The zero-order valence-corrected chi connectivity index (χ0v) is 16.8. The van der Waals surface area contributed by atoms with E-state index in [4.69, 9.17) is 4.74 Å². The first-order chi connectivity index (χ1) is 13.7. The van der Waals surface area contributed by atoms with Crippen molar-refractivity contribution >= 4 is 23.6 Å². The molecule has 154 valence electrons. The van der Waals surface area contributed by atoms with Crippen molar-refractivity contribution in [1.29, 1.82) is 0 Å². The van der Waals surface area contributed by atoms with Crippen LogP contribution in [0.15, 0.2) is 48.8 Å². The van der Waals surface area contributed by atoms with Gasteiger partial charge < -0.3 is 20.7 Å². The maximum atomic E-state index is 12.3. The van der Waals surface area contributed by atoms with Crippen LogP contribution in [-0.2, 0) is 16.1 Å². The average Bonchev–Trinajstić information content (AvgIpc) is 2.66. The first-order valence-corrected chi connectivity index (χ1v) is 9.27. The number of carbonyl (C=O) groups excluding carboxylic acids is 3. The minimum atomic E-state index is -0.587. The van der Waals surface area contributed by atoms with Crippen molar-refractivity contribution in [3.8, 4) is 0 Å². The summed E-state index contributed by atoms with van der Waals surface area (Å²) in [6.45, 7) is 5.72. The quantitative estimate of drug-likeness (QED) is 0.664. The molecular weight excluding hydrogens is 372 g/mol. The van der Waals surface area contributed by atoms with Gasteiger partial charge in [0.05, 0.1) is 0 Å². The van der Waals surface area contributed by atoms with Crippen LogP contribution in [0.1, 0.15) is 43.1 Å². The monoisotopic (exact) mass is 398 g/mol. The molecule has 0 radical (unpaired) electrons. The van der Waals surface area contributed by atoms with Crippen LogP contribution in [0.3, 0.4) is 0 Å². The number of ether oxygens (including phenoxy) is 1. The molecule has 0 aliphatic carbocycles. The lowest BCUT2D eigenvalue weighted by molar-refractivity contribution is -0.121. The minimum absolute atomic E-state index is 0.116. The second-order valence-corrected chi connectivity index (χ2v) is 7.30. The lowest BCUT2D eigenvalue weighted by Gasteiger charge is -2.19. The number of hydrogen-bond acceptors (Lipinski definition) is 5. The third-order valence-corrected chi connectivity index (χ3v) is 3.70. The van der Waals surface area contributed by atoms with Gasteiger partial charge in [0.1, 0.15) is 5.60 Å². The number of benzene rings is 1. The van der Waals surface area contributed by atoms with E-state index in [1.54, 1.807) is 57.4 Å². The number of pyridine rings is 1. The summed E-state index contributed by atoms with van der Waals surface area (Å²) in [6.07, 6.45) is 2.65. The number of carbonyl (C=O) groups is 3. The predicted octanol–water partition coefficient (Wildman–Crippen LogP) is 2.86. The number of nitrogens with one attached hydrogen (secondary N) is 3. The molecule has 2 rings (SSSR count). The smallest absolute Gasteiger partial charge is 0.407 e. The van der Waals surface area contributed by atoms with Crippen molar-refractivity contribution in [3.63, 3.8) is 0 Å². The molecule has 1 aromatic carbocycles. The highest BCUT2D eigenvalue weighted by Crippen LogP contribution is 2.16. The van der Waals surface area contributed by atoms with Gasteiger partial charge in [-0.2, -0.15) is 0 Å². The molecule has 0 saturated carbocycles. The Hall–Kier alpha value is -3.42. The molecule has 29 heavy (non-hydrogen) atoms. The molecule has 0 aliphatic heterocycles. The summed E-state index contributed by atoms with van der Waals surface area (Å²) in [5.41, 5.74) is 1.29. The molecule has 8 nitrogen and oxygen atoms in total.